The number of benzene rings is 2. The Labute approximate surface area is 245 Å². The number of amides is 3. The number of para-hydroxylation sites is 1. The van der Waals surface area contributed by atoms with Gasteiger partial charge >= 0.3 is 0 Å². The van der Waals surface area contributed by atoms with Crippen molar-refractivity contribution in [2.45, 2.75) is 43.1 Å². The fourth-order valence-corrected chi connectivity index (χ4v) is 7.21. The summed E-state index contributed by atoms with van der Waals surface area (Å²) in [6, 6.07) is 14.8. The largest absolute Gasteiger partial charge is 0.394 e. The van der Waals surface area contributed by atoms with Crippen LogP contribution >= 0.6 is 11.6 Å². The van der Waals surface area contributed by atoms with Crippen LogP contribution in [0.2, 0.25) is 5.02 Å². The number of halogens is 1. The number of aliphatic hydroxyl groups excluding tert-OH is 1. The molecule has 0 radical (unpaired) electrons. The van der Waals surface area contributed by atoms with Gasteiger partial charge in [-0.3, -0.25) is 14.4 Å². The number of nitrogens with zero attached hydrogens (tertiary/aromatic N) is 3. The number of likely N-dealkylation sites (tertiary alicyclic amines) is 1. The lowest BCUT2D eigenvalue weighted by Gasteiger charge is -2.39. The molecule has 0 aromatic heterocycles. The number of rotatable bonds is 11. The number of hydrogen-bond donors (Lipinski definition) is 1. The molecule has 0 saturated carbocycles. The van der Waals surface area contributed by atoms with Gasteiger partial charge in [-0.1, -0.05) is 66.2 Å². The molecule has 3 saturated heterocycles. The molecule has 5 rings (SSSR count). The lowest BCUT2D eigenvalue weighted by Crippen LogP contribution is -2.59. The molecule has 1 N–H and O–H groups in total. The molecular weight excluding hydrogens is 542 g/mol. The summed E-state index contributed by atoms with van der Waals surface area (Å²) in [7, 11) is 1.68. The minimum Gasteiger partial charge on any atom is -0.394 e. The van der Waals surface area contributed by atoms with Gasteiger partial charge in [-0.2, -0.15) is 0 Å². The third-order valence-electron chi connectivity index (χ3n) is 8.68. The molecule has 216 valence electrons. The van der Waals surface area contributed by atoms with Gasteiger partial charge in [0.1, 0.15) is 11.6 Å². The van der Waals surface area contributed by atoms with Crippen molar-refractivity contribution in [1.82, 2.24) is 9.80 Å². The second-order valence-electron chi connectivity index (χ2n) is 11.0. The van der Waals surface area contributed by atoms with E-state index >= 15 is 0 Å². The Morgan fingerprint density at radius 2 is 1.80 bits per heavy atom. The van der Waals surface area contributed by atoms with Crippen molar-refractivity contribution in [3.05, 3.63) is 90.5 Å². The molecule has 2 unspecified atom stereocenters. The Balaban J connectivity index is 1.62. The third-order valence-corrected chi connectivity index (χ3v) is 9.00. The van der Waals surface area contributed by atoms with Gasteiger partial charge in [0.25, 0.3) is 5.91 Å². The maximum Gasteiger partial charge on any atom is 0.253 e. The zero-order valence-electron chi connectivity index (χ0n) is 23.2. The molecule has 8 nitrogen and oxygen atoms in total. The SMILES string of the molecule is C=CCN(C)C(=O)[C@@H]1[C@@H]2CCC3(O2)C(C(=O)N(CC=C)c2ccccc2Cl)N([C@@H](CO)Cc2ccccc2)C(=O)[C@H]13. The summed E-state index contributed by atoms with van der Waals surface area (Å²) in [6.45, 7) is 7.70. The van der Waals surface area contributed by atoms with Crippen molar-refractivity contribution in [1.29, 1.82) is 0 Å². The van der Waals surface area contributed by atoms with Crippen LogP contribution in [-0.4, -0.2) is 83.2 Å². The zero-order valence-corrected chi connectivity index (χ0v) is 24.0. The van der Waals surface area contributed by atoms with Crippen LogP contribution in [0.3, 0.4) is 0 Å². The van der Waals surface area contributed by atoms with Crippen molar-refractivity contribution in [2.24, 2.45) is 11.8 Å². The zero-order chi connectivity index (χ0) is 29.3. The minimum absolute atomic E-state index is 0.151. The monoisotopic (exact) mass is 577 g/mol. The van der Waals surface area contributed by atoms with Crippen LogP contribution in [0.5, 0.6) is 0 Å². The number of anilines is 1. The molecule has 3 fully saturated rings. The first-order valence-electron chi connectivity index (χ1n) is 14.0. The van der Waals surface area contributed by atoms with Crippen LogP contribution in [-0.2, 0) is 25.5 Å². The highest BCUT2D eigenvalue weighted by Crippen LogP contribution is 2.59. The van der Waals surface area contributed by atoms with E-state index in [-0.39, 0.29) is 30.9 Å². The Hall–Kier alpha value is -3.46. The third kappa shape index (κ3) is 4.88. The molecule has 3 heterocycles. The number of fused-ring (bicyclic) bond motifs is 1. The van der Waals surface area contributed by atoms with E-state index in [0.29, 0.717) is 36.5 Å². The minimum atomic E-state index is -1.21. The average Bonchev–Trinajstić information content (AvgIpc) is 3.62. The lowest BCUT2D eigenvalue weighted by atomic mass is 9.70. The molecule has 2 aromatic carbocycles. The van der Waals surface area contributed by atoms with E-state index in [1.165, 1.54) is 9.80 Å². The maximum atomic E-state index is 14.7. The predicted octanol–water partition coefficient (Wildman–Crippen LogP) is 3.48. The highest BCUT2D eigenvalue weighted by atomic mass is 35.5. The summed E-state index contributed by atoms with van der Waals surface area (Å²) in [4.78, 5) is 47.4. The van der Waals surface area contributed by atoms with Crippen molar-refractivity contribution in [3.8, 4) is 0 Å². The molecule has 41 heavy (non-hydrogen) atoms. The highest BCUT2D eigenvalue weighted by molar-refractivity contribution is 6.34. The highest BCUT2D eigenvalue weighted by Gasteiger charge is 2.75. The van der Waals surface area contributed by atoms with E-state index in [1.807, 2.05) is 30.3 Å². The maximum absolute atomic E-state index is 14.7. The van der Waals surface area contributed by atoms with E-state index in [4.69, 9.17) is 16.3 Å². The number of likely N-dealkylation sites (N-methyl/N-ethyl adjacent to an activating group) is 1. The number of aliphatic hydroxyl groups is 1. The van der Waals surface area contributed by atoms with Crippen molar-refractivity contribution >= 4 is 35.0 Å². The second-order valence-corrected chi connectivity index (χ2v) is 11.4. The molecule has 3 amide bonds. The van der Waals surface area contributed by atoms with E-state index in [2.05, 4.69) is 13.2 Å². The summed E-state index contributed by atoms with van der Waals surface area (Å²) < 4.78 is 6.60. The molecule has 6 atom stereocenters. The number of carbonyl (C=O) groups excluding carboxylic acids is 3. The van der Waals surface area contributed by atoms with Gasteiger partial charge in [0.2, 0.25) is 11.8 Å². The summed E-state index contributed by atoms with van der Waals surface area (Å²) in [5, 5.41) is 11.0. The Morgan fingerprint density at radius 1 is 1.12 bits per heavy atom. The number of carbonyl (C=O) groups is 3. The van der Waals surface area contributed by atoms with Crippen molar-refractivity contribution < 1.29 is 24.2 Å². The molecule has 2 aromatic rings. The van der Waals surface area contributed by atoms with Gasteiger partial charge in [-0.15, -0.1) is 13.2 Å². The molecular formula is C32H36ClN3O5. The van der Waals surface area contributed by atoms with Crippen molar-refractivity contribution in [3.63, 3.8) is 0 Å². The fraction of sp³-hybridized carbons (Fsp3) is 0.406. The summed E-state index contributed by atoms with van der Waals surface area (Å²) in [5.74, 6) is -2.51. The van der Waals surface area contributed by atoms with Crippen molar-refractivity contribution in [2.75, 3.05) is 31.6 Å². The van der Waals surface area contributed by atoms with Crippen LogP contribution in [0.25, 0.3) is 0 Å². The quantitative estimate of drug-likeness (QED) is 0.413. The van der Waals surface area contributed by atoms with Crippen LogP contribution in [0, 0.1) is 11.8 Å². The van der Waals surface area contributed by atoms with Gasteiger partial charge < -0.3 is 24.5 Å². The summed E-state index contributed by atoms with van der Waals surface area (Å²) >= 11 is 6.55. The Morgan fingerprint density at radius 3 is 2.46 bits per heavy atom. The summed E-state index contributed by atoms with van der Waals surface area (Å²) in [6.07, 6.45) is 4.10. The first-order chi connectivity index (χ1) is 19.8. The van der Waals surface area contributed by atoms with Crippen LogP contribution in [0.1, 0.15) is 18.4 Å². The van der Waals surface area contributed by atoms with Crippen LogP contribution in [0.4, 0.5) is 5.69 Å². The van der Waals surface area contributed by atoms with Gasteiger partial charge in [0, 0.05) is 20.1 Å². The average molecular weight is 578 g/mol. The Bertz CT molecular complexity index is 1340. The normalized spacial score (nSPS) is 26.9. The lowest BCUT2D eigenvalue weighted by molar-refractivity contribution is -0.146. The van der Waals surface area contributed by atoms with Crippen LogP contribution in [0.15, 0.2) is 79.9 Å². The van der Waals surface area contributed by atoms with Crippen LogP contribution < -0.4 is 4.90 Å². The summed E-state index contributed by atoms with van der Waals surface area (Å²) in [5.41, 5.74) is 0.192. The van der Waals surface area contributed by atoms with E-state index in [0.717, 1.165) is 5.56 Å². The molecule has 2 bridgehead atoms. The van der Waals surface area contributed by atoms with Gasteiger partial charge in [0.05, 0.1) is 41.3 Å². The smallest absolute Gasteiger partial charge is 0.253 e. The molecule has 1 spiro atoms. The molecule has 0 aliphatic carbocycles. The first kappa shape index (κ1) is 29.0. The molecule has 3 aliphatic heterocycles. The van der Waals surface area contributed by atoms with E-state index in [1.54, 1.807) is 48.4 Å². The topological polar surface area (TPSA) is 90.4 Å². The first-order valence-corrected chi connectivity index (χ1v) is 14.3. The Kier molecular flexibility index (Phi) is 8.36. The predicted molar refractivity (Wildman–Crippen MR) is 157 cm³/mol. The van der Waals surface area contributed by atoms with Gasteiger partial charge in [0.15, 0.2) is 0 Å². The number of ether oxygens (including phenoxy) is 1. The van der Waals surface area contributed by atoms with Gasteiger partial charge in [-0.25, -0.2) is 0 Å². The van der Waals surface area contributed by atoms with E-state index in [9.17, 15) is 19.5 Å². The standard InChI is InChI=1S/C32H36ClN3O5/c1-4-17-34(3)29(38)26-25-15-16-32(41-25)27(26)30(39)36(22(20-37)19-21-11-7-6-8-12-21)28(32)31(40)35(18-5-2)24-14-10-9-13-23(24)33/h4-14,22,25-28,37H,1-2,15-20H2,3H3/t22-,25+,26-,27+,28?,32?/m1/s1. The van der Waals surface area contributed by atoms with Gasteiger partial charge in [-0.05, 0) is 37.0 Å². The second kappa shape index (κ2) is 11.8. The number of hydrogen-bond acceptors (Lipinski definition) is 5. The van der Waals surface area contributed by atoms with E-state index < -0.39 is 35.6 Å². The molecule has 3 aliphatic rings. The molecule has 9 heteroatoms. The fourth-order valence-electron chi connectivity index (χ4n) is 6.97.